The summed E-state index contributed by atoms with van der Waals surface area (Å²) in [5.41, 5.74) is 1.71. The molecule has 0 aliphatic carbocycles. The van der Waals surface area contributed by atoms with Crippen LogP contribution in [0.3, 0.4) is 0 Å². The van der Waals surface area contributed by atoms with Crippen molar-refractivity contribution in [2.75, 3.05) is 27.2 Å². The van der Waals surface area contributed by atoms with Crippen LogP contribution in [0, 0.1) is 5.92 Å². The maximum absolute atomic E-state index is 12.3. The number of hydrogen-bond acceptors (Lipinski definition) is 4. The third kappa shape index (κ3) is 9.32. The third-order valence-electron chi connectivity index (χ3n) is 5.19. The number of guanidine groups is 1. The van der Waals surface area contributed by atoms with Gasteiger partial charge in [0.25, 0.3) is 0 Å². The molecule has 1 amide bonds. The molecule has 1 saturated heterocycles. The zero-order chi connectivity index (χ0) is 22.1. The number of amides is 1. The van der Waals surface area contributed by atoms with E-state index in [1.165, 1.54) is 0 Å². The minimum Gasteiger partial charge on any atom is -0.359 e. The van der Waals surface area contributed by atoms with E-state index in [9.17, 15) is 13.2 Å². The summed E-state index contributed by atoms with van der Waals surface area (Å²) in [5.74, 6) is 1.24. The van der Waals surface area contributed by atoms with Gasteiger partial charge in [0, 0.05) is 46.2 Å². The fraction of sp³-hybridized carbons (Fsp3) is 0.619. The van der Waals surface area contributed by atoms with Gasteiger partial charge in [0.05, 0.1) is 5.75 Å². The van der Waals surface area contributed by atoms with E-state index in [4.69, 9.17) is 0 Å². The lowest BCUT2D eigenvalue weighted by molar-refractivity contribution is -0.121. The van der Waals surface area contributed by atoms with Crippen LogP contribution in [0.1, 0.15) is 44.2 Å². The summed E-state index contributed by atoms with van der Waals surface area (Å²) in [7, 11) is 0.0332. The van der Waals surface area contributed by atoms with Crippen molar-refractivity contribution in [3.8, 4) is 0 Å². The van der Waals surface area contributed by atoms with Gasteiger partial charge in [0.2, 0.25) is 15.9 Å². The van der Waals surface area contributed by atoms with Gasteiger partial charge in [-0.05, 0) is 43.7 Å². The average molecular weight is 566 g/mol. The summed E-state index contributed by atoms with van der Waals surface area (Å²) in [6.45, 7) is 5.81. The molecular weight excluding hydrogens is 529 g/mol. The number of halogens is 1. The van der Waals surface area contributed by atoms with Crippen LogP contribution in [0.5, 0.6) is 0 Å². The number of carbonyl (C=O) groups excluding carboxylic acids is 1. The van der Waals surface area contributed by atoms with Crippen LogP contribution in [0.15, 0.2) is 29.3 Å². The smallest absolute Gasteiger partial charge is 0.220 e. The highest BCUT2D eigenvalue weighted by atomic mass is 127. The molecule has 176 valence electrons. The van der Waals surface area contributed by atoms with E-state index >= 15 is 0 Å². The summed E-state index contributed by atoms with van der Waals surface area (Å²) in [6.07, 6.45) is 2.47. The number of rotatable bonds is 8. The molecule has 1 aliphatic heterocycles. The first-order valence-corrected chi connectivity index (χ1v) is 12.1. The lowest BCUT2D eigenvalue weighted by Gasteiger charge is -2.34. The summed E-state index contributed by atoms with van der Waals surface area (Å²) in [5, 5.41) is 6.06. The van der Waals surface area contributed by atoms with Crippen LogP contribution in [-0.4, -0.2) is 58.4 Å². The Morgan fingerprint density at radius 3 is 2.35 bits per heavy atom. The number of likely N-dealkylation sites (tertiary alicyclic amines) is 1. The summed E-state index contributed by atoms with van der Waals surface area (Å²) < 4.78 is 27.3. The molecule has 0 aromatic heterocycles. The molecule has 0 radical (unpaired) electrons. The number of hydrogen-bond donors (Lipinski definition) is 3. The van der Waals surface area contributed by atoms with Crippen LogP contribution in [0.25, 0.3) is 0 Å². The molecule has 8 nitrogen and oxygen atoms in total. The normalized spacial score (nSPS) is 15.5. The molecule has 10 heteroatoms. The van der Waals surface area contributed by atoms with Crippen molar-refractivity contribution in [1.29, 1.82) is 0 Å². The molecule has 0 unspecified atom stereocenters. The van der Waals surface area contributed by atoms with Crippen LogP contribution in [0.4, 0.5) is 0 Å². The van der Waals surface area contributed by atoms with Crippen molar-refractivity contribution >= 4 is 45.9 Å². The number of nitrogens with one attached hydrogen (secondary N) is 3. The number of sulfonamides is 1. The predicted octanol–water partition coefficient (Wildman–Crippen LogP) is 2.06. The highest BCUT2D eigenvalue weighted by molar-refractivity contribution is 14.0. The lowest BCUT2D eigenvalue weighted by Crippen LogP contribution is -2.45. The van der Waals surface area contributed by atoms with E-state index in [2.05, 4.69) is 25.2 Å². The summed E-state index contributed by atoms with van der Waals surface area (Å²) in [6, 6.07) is 7.43. The molecule has 0 spiro atoms. The largest absolute Gasteiger partial charge is 0.359 e. The number of carbonyl (C=O) groups is 1. The molecule has 2 rings (SSSR count). The van der Waals surface area contributed by atoms with E-state index in [0.29, 0.717) is 18.9 Å². The predicted molar refractivity (Wildman–Crippen MR) is 136 cm³/mol. The average Bonchev–Trinajstić information content (AvgIpc) is 2.69. The fourth-order valence-corrected chi connectivity index (χ4v) is 5.19. The Bertz CT molecular complexity index is 837. The Morgan fingerprint density at radius 2 is 1.81 bits per heavy atom. The minimum absolute atomic E-state index is 0. The first-order chi connectivity index (χ1) is 14.2. The molecule has 1 aromatic rings. The van der Waals surface area contributed by atoms with E-state index < -0.39 is 10.0 Å². The fourth-order valence-electron chi connectivity index (χ4n) is 3.70. The van der Waals surface area contributed by atoms with Gasteiger partial charge in [-0.25, -0.2) is 13.1 Å². The van der Waals surface area contributed by atoms with Crippen molar-refractivity contribution in [3.05, 3.63) is 35.4 Å². The second kappa shape index (κ2) is 13.2. The minimum atomic E-state index is -3.39. The molecule has 1 fully saturated rings. The standard InChI is InChI=1S/C21H35N5O3S.HI/c1-16(2)25-30(28,29)15-19-8-6-5-7-18(19)14-24-21(23-4)26-11-9-17(10-12-26)13-20(27)22-3;/h5-8,16-17,25H,9-15H2,1-4H3,(H,22,27)(H,23,24);1H. The van der Waals surface area contributed by atoms with E-state index in [1.807, 2.05) is 38.1 Å². The van der Waals surface area contributed by atoms with Crippen molar-refractivity contribution in [2.45, 2.75) is 51.4 Å². The van der Waals surface area contributed by atoms with E-state index in [0.717, 1.165) is 43.0 Å². The molecule has 1 aliphatic rings. The topological polar surface area (TPSA) is 103 Å². The Hall–Kier alpha value is -1.40. The molecule has 0 atom stereocenters. The highest BCUT2D eigenvalue weighted by Gasteiger charge is 2.23. The van der Waals surface area contributed by atoms with Crippen molar-refractivity contribution in [2.24, 2.45) is 10.9 Å². The second-order valence-corrected chi connectivity index (χ2v) is 9.76. The van der Waals surface area contributed by atoms with Gasteiger partial charge in [-0.2, -0.15) is 0 Å². The number of nitrogens with zero attached hydrogens (tertiary/aromatic N) is 2. The quantitative estimate of drug-likeness (QED) is 0.255. The van der Waals surface area contributed by atoms with Gasteiger partial charge in [-0.3, -0.25) is 9.79 Å². The van der Waals surface area contributed by atoms with Crippen LogP contribution < -0.4 is 15.4 Å². The first-order valence-electron chi connectivity index (χ1n) is 10.5. The zero-order valence-corrected chi connectivity index (χ0v) is 22.0. The van der Waals surface area contributed by atoms with Crippen LogP contribution in [-0.2, 0) is 27.1 Å². The Morgan fingerprint density at radius 1 is 1.19 bits per heavy atom. The van der Waals surface area contributed by atoms with Gasteiger partial charge < -0.3 is 15.5 Å². The number of piperidine rings is 1. The van der Waals surface area contributed by atoms with Gasteiger partial charge in [0.1, 0.15) is 0 Å². The van der Waals surface area contributed by atoms with Gasteiger partial charge in [0.15, 0.2) is 5.96 Å². The number of aliphatic imine (C=N–C) groups is 1. The highest BCUT2D eigenvalue weighted by Crippen LogP contribution is 2.20. The van der Waals surface area contributed by atoms with Gasteiger partial charge in [-0.1, -0.05) is 24.3 Å². The van der Waals surface area contributed by atoms with Crippen LogP contribution in [0.2, 0.25) is 0 Å². The molecule has 1 heterocycles. The van der Waals surface area contributed by atoms with Gasteiger partial charge in [-0.15, -0.1) is 24.0 Å². The molecule has 0 saturated carbocycles. The van der Waals surface area contributed by atoms with Gasteiger partial charge >= 0.3 is 0 Å². The molecular formula is C21H36IN5O3S. The zero-order valence-electron chi connectivity index (χ0n) is 18.8. The molecule has 1 aromatic carbocycles. The Kier molecular flexibility index (Phi) is 11.8. The van der Waals surface area contributed by atoms with Crippen molar-refractivity contribution in [1.82, 2.24) is 20.3 Å². The molecule has 0 bridgehead atoms. The molecule has 3 N–H and O–H groups in total. The maximum Gasteiger partial charge on any atom is 0.220 e. The molecule has 31 heavy (non-hydrogen) atoms. The number of benzene rings is 1. The lowest BCUT2D eigenvalue weighted by atomic mass is 9.93. The van der Waals surface area contributed by atoms with E-state index in [-0.39, 0.29) is 41.7 Å². The second-order valence-electron chi connectivity index (χ2n) is 8.01. The SMILES string of the molecule is CN=C(NCc1ccccc1CS(=O)(=O)NC(C)C)N1CCC(CC(=O)NC)CC1.I. The maximum atomic E-state index is 12.3. The van der Waals surface area contributed by atoms with Crippen molar-refractivity contribution < 1.29 is 13.2 Å². The van der Waals surface area contributed by atoms with Crippen LogP contribution >= 0.6 is 24.0 Å². The van der Waals surface area contributed by atoms with Crippen molar-refractivity contribution in [3.63, 3.8) is 0 Å². The summed E-state index contributed by atoms with van der Waals surface area (Å²) in [4.78, 5) is 18.2. The summed E-state index contributed by atoms with van der Waals surface area (Å²) >= 11 is 0. The monoisotopic (exact) mass is 565 g/mol. The van der Waals surface area contributed by atoms with E-state index in [1.54, 1.807) is 14.1 Å². The Labute approximate surface area is 203 Å². The Balaban J connectivity index is 0.00000480. The first kappa shape index (κ1) is 27.6. The third-order valence-corrected chi connectivity index (χ3v) is 6.72.